The van der Waals surface area contributed by atoms with E-state index in [1.807, 2.05) is 20.8 Å². The normalized spacial score (nSPS) is 17.4. The van der Waals surface area contributed by atoms with Crippen molar-refractivity contribution in [2.24, 2.45) is 5.92 Å². The molecule has 23 heavy (non-hydrogen) atoms. The molecule has 0 bridgehead atoms. The number of rotatable bonds is 6. The number of likely N-dealkylation sites (tertiary alicyclic amines) is 1. The Bertz CT molecular complexity index is 362. The summed E-state index contributed by atoms with van der Waals surface area (Å²) in [5.74, 6) is 0.413. The van der Waals surface area contributed by atoms with Crippen LogP contribution in [0.4, 0.5) is 18.0 Å². The van der Waals surface area contributed by atoms with E-state index in [1.54, 1.807) is 4.90 Å². The molecule has 0 atom stereocenters. The molecule has 1 saturated heterocycles. The summed E-state index contributed by atoms with van der Waals surface area (Å²) in [6.07, 6.45) is -2.84. The fraction of sp³-hybridized carbons (Fsp3) is 0.933. The van der Waals surface area contributed by atoms with Crippen molar-refractivity contribution in [2.45, 2.75) is 45.4 Å². The Morgan fingerprint density at radius 1 is 1.22 bits per heavy atom. The predicted octanol–water partition coefficient (Wildman–Crippen LogP) is 2.80. The van der Waals surface area contributed by atoms with Crippen LogP contribution in [-0.4, -0.2) is 62.2 Å². The van der Waals surface area contributed by atoms with Gasteiger partial charge in [-0.25, -0.2) is 4.79 Å². The van der Waals surface area contributed by atoms with Crippen LogP contribution in [0.3, 0.4) is 0 Å². The van der Waals surface area contributed by atoms with Crippen molar-refractivity contribution in [3.05, 3.63) is 0 Å². The molecular formula is C15H27F3N2O3. The Labute approximate surface area is 135 Å². The molecule has 5 nitrogen and oxygen atoms in total. The minimum absolute atomic E-state index is 0.0380. The first kappa shape index (κ1) is 20.0. The number of carbonyl (C=O) groups is 1. The summed E-state index contributed by atoms with van der Waals surface area (Å²) in [6, 6.07) is 0. The zero-order valence-corrected chi connectivity index (χ0v) is 14.0. The van der Waals surface area contributed by atoms with Gasteiger partial charge in [-0.15, -0.1) is 0 Å². The lowest BCUT2D eigenvalue weighted by molar-refractivity contribution is -0.173. The number of piperidine rings is 1. The fourth-order valence-electron chi connectivity index (χ4n) is 2.28. The smallest absolute Gasteiger partial charge is 0.411 e. The molecule has 0 radical (unpaired) electrons. The highest BCUT2D eigenvalue weighted by atomic mass is 19.4. The molecule has 1 aliphatic rings. The minimum Gasteiger partial charge on any atom is -0.444 e. The molecule has 1 aliphatic heterocycles. The molecule has 1 N–H and O–H groups in total. The zero-order chi connectivity index (χ0) is 17.5. The highest BCUT2D eigenvalue weighted by molar-refractivity contribution is 5.68. The van der Waals surface area contributed by atoms with Crippen molar-refractivity contribution in [3.8, 4) is 0 Å². The summed E-state index contributed by atoms with van der Waals surface area (Å²) in [6.45, 7) is 6.74. The maximum atomic E-state index is 11.9. The second-order valence-electron chi connectivity index (χ2n) is 6.78. The summed E-state index contributed by atoms with van der Waals surface area (Å²) < 4.78 is 45.5. The summed E-state index contributed by atoms with van der Waals surface area (Å²) in [7, 11) is 0. The van der Waals surface area contributed by atoms with Crippen LogP contribution in [0.1, 0.15) is 33.6 Å². The third-order valence-corrected chi connectivity index (χ3v) is 3.39. The number of amides is 1. The standard InChI is InChI=1S/C15H27F3N2O3/c1-14(2,3)23-13(21)20-7-4-12(5-8-20)10-19-6-9-22-11-15(16,17)18/h12,19H,4-11H2,1-3H3. The van der Waals surface area contributed by atoms with Crippen molar-refractivity contribution in [3.63, 3.8) is 0 Å². The Hall–Kier alpha value is -1.02. The number of halogens is 3. The second-order valence-corrected chi connectivity index (χ2v) is 6.78. The molecule has 0 aliphatic carbocycles. The van der Waals surface area contributed by atoms with Gasteiger partial charge in [0.15, 0.2) is 0 Å². The molecule has 0 unspecified atom stereocenters. The minimum atomic E-state index is -4.27. The fourth-order valence-corrected chi connectivity index (χ4v) is 2.28. The van der Waals surface area contributed by atoms with Crippen LogP contribution >= 0.6 is 0 Å². The number of ether oxygens (including phenoxy) is 2. The molecule has 0 aromatic rings. The average molecular weight is 340 g/mol. The van der Waals surface area contributed by atoms with E-state index in [9.17, 15) is 18.0 Å². The summed E-state index contributed by atoms with van der Waals surface area (Å²) in [5.41, 5.74) is -0.494. The summed E-state index contributed by atoms with van der Waals surface area (Å²) in [5, 5.41) is 3.10. The van der Waals surface area contributed by atoms with E-state index < -0.39 is 18.4 Å². The molecule has 0 spiro atoms. The van der Waals surface area contributed by atoms with Gasteiger partial charge in [-0.1, -0.05) is 0 Å². The number of nitrogens with zero attached hydrogens (tertiary/aromatic N) is 1. The van der Waals surface area contributed by atoms with Crippen LogP contribution in [0.5, 0.6) is 0 Å². The maximum Gasteiger partial charge on any atom is 0.411 e. The summed E-state index contributed by atoms with van der Waals surface area (Å²) in [4.78, 5) is 13.6. The van der Waals surface area contributed by atoms with Gasteiger partial charge in [0.25, 0.3) is 0 Å². The highest BCUT2D eigenvalue weighted by Crippen LogP contribution is 2.19. The molecular weight excluding hydrogens is 313 g/mol. The largest absolute Gasteiger partial charge is 0.444 e. The van der Waals surface area contributed by atoms with Gasteiger partial charge in [0.2, 0.25) is 0 Å². The molecule has 8 heteroatoms. The second kappa shape index (κ2) is 8.73. The van der Waals surface area contributed by atoms with E-state index in [2.05, 4.69) is 10.1 Å². The molecule has 0 saturated carbocycles. The number of hydrogen-bond donors (Lipinski definition) is 1. The molecule has 1 amide bonds. The van der Waals surface area contributed by atoms with Gasteiger partial charge in [0.05, 0.1) is 6.61 Å². The molecule has 1 fully saturated rings. The lowest BCUT2D eigenvalue weighted by Crippen LogP contribution is -2.43. The van der Waals surface area contributed by atoms with Crippen molar-refractivity contribution in [1.29, 1.82) is 0 Å². The number of nitrogens with one attached hydrogen (secondary N) is 1. The van der Waals surface area contributed by atoms with Crippen LogP contribution in [0, 0.1) is 5.92 Å². The first-order valence-corrected chi connectivity index (χ1v) is 7.90. The zero-order valence-electron chi connectivity index (χ0n) is 14.0. The number of alkyl halides is 3. The van der Waals surface area contributed by atoms with Gasteiger partial charge >= 0.3 is 12.3 Å². The molecule has 136 valence electrons. The van der Waals surface area contributed by atoms with Gasteiger partial charge in [-0.3, -0.25) is 0 Å². The van der Waals surface area contributed by atoms with E-state index in [0.29, 0.717) is 25.6 Å². The van der Waals surface area contributed by atoms with Crippen LogP contribution in [0.15, 0.2) is 0 Å². The Morgan fingerprint density at radius 2 is 1.83 bits per heavy atom. The van der Waals surface area contributed by atoms with E-state index >= 15 is 0 Å². The van der Waals surface area contributed by atoms with Crippen LogP contribution in [0.2, 0.25) is 0 Å². The van der Waals surface area contributed by atoms with E-state index in [1.165, 1.54) is 0 Å². The predicted molar refractivity (Wildman–Crippen MR) is 80.3 cm³/mol. The third-order valence-electron chi connectivity index (χ3n) is 3.39. The highest BCUT2D eigenvalue weighted by Gasteiger charge is 2.28. The maximum absolute atomic E-state index is 11.9. The van der Waals surface area contributed by atoms with E-state index in [4.69, 9.17) is 4.74 Å². The van der Waals surface area contributed by atoms with Crippen molar-refractivity contribution >= 4 is 6.09 Å². The van der Waals surface area contributed by atoms with Gasteiger partial charge in [-0.05, 0) is 46.1 Å². The Kier molecular flexibility index (Phi) is 7.60. The van der Waals surface area contributed by atoms with Gasteiger partial charge in [-0.2, -0.15) is 13.2 Å². The van der Waals surface area contributed by atoms with E-state index in [-0.39, 0.29) is 12.7 Å². The van der Waals surface area contributed by atoms with Gasteiger partial charge in [0, 0.05) is 19.6 Å². The van der Waals surface area contributed by atoms with Crippen LogP contribution < -0.4 is 5.32 Å². The third kappa shape index (κ3) is 9.65. The quantitative estimate of drug-likeness (QED) is 0.756. The van der Waals surface area contributed by atoms with Crippen LogP contribution in [0.25, 0.3) is 0 Å². The lowest BCUT2D eigenvalue weighted by Gasteiger charge is -2.33. The number of carbonyl (C=O) groups excluding carboxylic acids is 1. The average Bonchev–Trinajstić information content (AvgIpc) is 2.40. The topological polar surface area (TPSA) is 50.8 Å². The molecule has 1 heterocycles. The van der Waals surface area contributed by atoms with E-state index in [0.717, 1.165) is 19.4 Å². The SMILES string of the molecule is CC(C)(C)OC(=O)N1CCC(CNCCOCC(F)(F)F)CC1. The van der Waals surface area contributed by atoms with Gasteiger partial charge < -0.3 is 19.7 Å². The van der Waals surface area contributed by atoms with Crippen molar-refractivity contribution in [1.82, 2.24) is 10.2 Å². The number of hydrogen-bond acceptors (Lipinski definition) is 4. The summed E-state index contributed by atoms with van der Waals surface area (Å²) >= 11 is 0. The first-order valence-electron chi connectivity index (χ1n) is 7.90. The Morgan fingerprint density at radius 3 is 2.35 bits per heavy atom. The lowest BCUT2D eigenvalue weighted by atomic mass is 9.97. The van der Waals surface area contributed by atoms with Crippen molar-refractivity contribution in [2.75, 3.05) is 39.4 Å². The molecule has 0 aromatic carbocycles. The van der Waals surface area contributed by atoms with Crippen LogP contribution in [-0.2, 0) is 9.47 Å². The molecule has 1 rings (SSSR count). The molecule has 0 aromatic heterocycles. The Balaban J connectivity index is 2.09. The first-order chi connectivity index (χ1) is 10.6. The monoisotopic (exact) mass is 340 g/mol. The van der Waals surface area contributed by atoms with Crippen molar-refractivity contribution < 1.29 is 27.4 Å². The van der Waals surface area contributed by atoms with Gasteiger partial charge in [0.1, 0.15) is 12.2 Å².